The van der Waals surface area contributed by atoms with E-state index in [-0.39, 0.29) is 24.2 Å². The van der Waals surface area contributed by atoms with Crippen LogP contribution in [0.5, 0.6) is 0 Å². The molecule has 2 aromatic rings. The van der Waals surface area contributed by atoms with Crippen LogP contribution in [-0.2, 0) is 4.79 Å². The van der Waals surface area contributed by atoms with Gasteiger partial charge in [0.25, 0.3) is 0 Å². The predicted octanol–water partition coefficient (Wildman–Crippen LogP) is 3.68. The van der Waals surface area contributed by atoms with Gasteiger partial charge < -0.3 is 10.6 Å². The lowest BCUT2D eigenvalue weighted by atomic mass is 10.1. The Morgan fingerprint density at radius 2 is 2.14 bits per heavy atom. The number of anilines is 1. The largest absolute Gasteiger partial charge is 0.319 e. The van der Waals surface area contributed by atoms with Crippen molar-refractivity contribution >= 4 is 46.4 Å². The van der Waals surface area contributed by atoms with Crippen LogP contribution >= 0.6 is 35.3 Å². The quantitative estimate of drug-likeness (QED) is 0.868. The number of nitrogens with zero attached hydrogens (tertiary/aromatic N) is 1. The van der Waals surface area contributed by atoms with Gasteiger partial charge in [-0.15, -0.1) is 23.7 Å². The van der Waals surface area contributed by atoms with Gasteiger partial charge in [-0.25, -0.2) is 4.98 Å². The molecular formula is C14H17Cl2N3OS. The average Bonchev–Trinajstić information content (AvgIpc) is 2.87. The molecule has 0 spiro atoms. The first-order valence-corrected chi connectivity index (χ1v) is 7.53. The highest BCUT2D eigenvalue weighted by Crippen LogP contribution is 2.30. The molecule has 21 heavy (non-hydrogen) atoms. The minimum absolute atomic E-state index is 0. The molecule has 0 aliphatic rings. The Hall–Kier alpha value is -1.14. The Morgan fingerprint density at radius 3 is 2.81 bits per heavy atom. The minimum Gasteiger partial charge on any atom is -0.319 e. The second kappa shape index (κ2) is 8.34. The highest BCUT2D eigenvalue weighted by Gasteiger charge is 2.14. The normalized spacial score (nSPS) is 11.6. The average molecular weight is 346 g/mol. The Bertz CT molecular complexity index is 603. The molecule has 2 rings (SSSR count). The number of halogens is 2. The molecule has 0 bridgehead atoms. The fourth-order valence-corrected chi connectivity index (χ4v) is 2.70. The van der Waals surface area contributed by atoms with Gasteiger partial charge in [0, 0.05) is 28.4 Å². The molecule has 1 aromatic heterocycles. The van der Waals surface area contributed by atoms with Crippen LogP contribution in [0.4, 0.5) is 5.13 Å². The zero-order chi connectivity index (χ0) is 14.5. The van der Waals surface area contributed by atoms with E-state index in [9.17, 15) is 4.79 Å². The lowest BCUT2D eigenvalue weighted by Crippen LogP contribution is -2.28. The summed E-state index contributed by atoms with van der Waals surface area (Å²) in [4.78, 5) is 16.3. The van der Waals surface area contributed by atoms with Crippen molar-refractivity contribution in [1.82, 2.24) is 10.3 Å². The molecule has 2 N–H and O–H groups in total. The molecule has 0 saturated heterocycles. The molecule has 114 valence electrons. The maximum atomic E-state index is 11.9. The summed E-state index contributed by atoms with van der Waals surface area (Å²) in [5.74, 6) is -0.146. The molecule has 0 aliphatic heterocycles. The second-order valence-electron chi connectivity index (χ2n) is 4.47. The summed E-state index contributed by atoms with van der Waals surface area (Å²) in [5.41, 5.74) is 1.64. The molecule has 0 saturated carbocycles. The van der Waals surface area contributed by atoms with E-state index in [2.05, 4.69) is 15.6 Å². The number of carbonyl (C=O) groups excluding carboxylic acids is 1. The van der Waals surface area contributed by atoms with Gasteiger partial charge in [0.2, 0.25) is 5.91 Å². The topological polar surface area (TPSA) is 54.0 Å². The molecular weight excluding hydrogens is 329 g/mol. The molecule has 4 nitrogen and oxygen atoms in total. The standard InChI is InChI=1S/C14H16ClN3OS.ClH/c1-9(7-16-2)13(19)18-14-17-12(8-20-14)10-5-3-4-6-11(10)15;/h3-6,8-9,16H,7H2,1-2H3,(H,17,18,19);1H. The maximum Gasteiger partial charge on any atom is 0.230 e. The van der Waals surface area contributed by atoms with Gasteiger partial charge in [0.15, 0.2) is 5.13 Å². The van der Waals surface area contributed by atoms with Crippen molar-refractivity contribution in [3.63, 3.8) is 0 Å². The third-order valence-corrected chi connectivity index (χ3v) is 3.93. The Balaban J connectivity index is 0.00000220. The molecule has 7 heteroatoms. The van der Waals surface area contributed by atoms with Crippen molar-refractivity contribution in [3.8, 4) is 11.3 Å². The van der Waals surface area contributed by atoms with Gasteiger partial charge in [0.1, 0.15) is 0 Å². The van der Waals surface area contributed by atoms with Crippen LogP contribution < -0.4 is 10.6 Å². The fourth-order valence-electron chi connectivity index (χ4n) is 1.75. The number of rotatable bonds is 5. The van der Waals surface area contributed by atoms with Gasteiger partial charge in [-0.2, -0.15) is 0 Å². The van der Waals surface area contributed by atoms with Gasteiger partial charge >= 0.3 is 0 Å². The Kier molecular flexibility index (Phi) is 7.11. The fraction of sp³-hybridized carbons (Fsp3) is 0.286. The molecule has 0 fully saturated rings. The van der Waals surface area contributed by atoms with Crippen molar-refractivity contribution in [1.29, 1.82) is 0 Å². The van der Waals surface area contributed by atoms with Crippen molar-refractivity contribution in [2.24, 2.45) is 5.92 Å². The number of hydrogen-bond acceptors (Lipinski definition) is 4. The van der Waals surface area contributed by atoms with E-state index in [1.54, 1.807) is 0 Å². The van der Waals surface area contributed by atoms with E-state index in [0.717, 1.165) is 11.3 Å². The van der Waals surface area contributed by atoms with Gasteiger partial charge in [-0.1, -0.05) is 36.7 Å². The third kappa shape index (κ3) is 4.68. The molecule has 1 amide bonds. The summed E-state index contributed by atoms with van der Waals surface area (Å²) in [6.07, 6.45) is 0. The zero-order valence-corrected chi connectivity index (χ0v) is 14.1. The number of amides is 1. The minimum atomic E-state index is -0.104. The molecule has 1 heterocycles. The summed E-state index contributed by atoms with van der Waals surface area (Å²) in [7, 11) is 1.82. The highest BCUT2D eigenvalue weighted by atomic mass is 35.5. The molecule has 1 unspecified atom stereocenters. The second-order valence-corrected chi connectivity index (χ2v) is 5.73. The van der Waals surface area contributed by atoms with Crippen molar-refractivity contribution in [2.45, 2.75) is 6.92 Å². The Labute approximate surface area is 139 Å². The number of benzene rings is 1. The first-order valence-electron chi connectivity index (χ1n) is 6.27. The number of carbonyl (C=O) groups is 1. The van der Waals surface area contributed by atoms with Crippen molar-refractivity contribution in [3.05, 3.63) is 34.7 Å². The first kappa shape index (κ1) is 17.9. The van der Waals surface area contributed by atoms with E-state index >= 15 is 0 Å². The maximum absolute atomic E-state index is 11.9. The van der Waals surface area contributed by atoms with Crippen LogP contribution in [0, 0.1) is 5.92 Å². The number of hydrogen-bond donors (Lipinski definition) is 2. The lowest BCUT2D eigenvalue weighted by molar-refractivity contribution is -0.119. The van der Waals surface area contributed by atoms with Gasteiger partial charge in [-0.3, -0.25) is 4.79 Å². The van der Waals surface area contributed by atoms with Crippen LogP contribution in [0.3, 0.4) is 0 Å². The monoisotopic (exact) mass is 345 g/mol. The van der Waals surface area contributed by atoms with E-state index < -0.39 is 0 Å². The number of nitrogens with one attached hydrogen (secondary N) is 2. The van der Waals surface area contributed by atoms with Crippen LogP contribution in [-0.4, -0.2) is 24.5 Å². The predicted molar refractivity (Wildman–Crippen MR) is 91.5 cm³/mol. The summed E-state index contributed by atoms with van der Waals surface area (Å²) in [6, 6.07) is 7.52. The molecule has 0 aliphatic carbocycles. The third-order valence-electron chi connectivity index (χ3n) is 2.84. The van der Waals surface area contributed by atoms with Crippen LogP contribution in [0.2, 0.25) is 5.02 Å². The SMILES string of the molecule is CNCC(C)C(=O)Nc1nc(-c2ccccc2Cl)cs1.Cl. The van der Waals surface area contributed by atoms with Crippen molar-refractivity contribution in [2.75, 3.05) is 18.9 Å². The summed E-state index contributed by atoms with van der Waals surface area (Å²) in [5, 5.41) is 8.93. The van der Waals surface area contributed by atoms with Crippen molar-refractivity contribution < 1.29 is 4.79 Å². The molecule has 1 atom stereocenters. The van der Waals surface area contributed by atoms with Crippen LogP contribution in [0.25, 0.3) is 11.3 Å². The van der Waals surface area contributed by atoms with E-state index in [0.29, 0.717) is 16.7 Å². The molecule has 0 radical (unpaired) electrons. The summed E-state index contributed by atoms with van der Waals surface area (Å²) >= 11 is 7.53. The zero-order valence-electron chi connectivity index (χ0n) is 11.7. The van der Waals surface area contributed by atoms with E-state index in [4.69, 9.17) is 11.6 Å². The van der Waals surface area contributed by atoms with Crippen LogP contribution in [0.15, 0.2) is 29.6 Å². The van der Waals surface area contributed by atoms with Gasteiger partial charge in [0.05, 0.1) is 5.69 Å². The summed E-state index contributed by atoms with van der Waals surface area (Å²) in [6.45, 7) is 2.50. The smallest absolute Gasteiger partial charge is 0.230 e. The highest BCUT2D eigenvalue weighted by molar-refractivity contribution is 7.14. The number of aromatic nitrogens is 1. The van der Waals surface area contributed by atoms with Crippen LogP contribution in [0.1, 0.15) is 6.92 Å². The Morgan fingerprint density at radius 1 is 1.43 bits per heavy atom. The van der Waals surface area contributed by atoms with E-state index in [1.165, 1.54) is 11.3 Å². The summed E-state index contributed by atoms with van der Waals surface area (Å²) < 4.78 is 0. The van der Waals surface area contributed by atoms with E-state index in [1.807, 2.05) is 43.6 Å². The number of thiazole rings is 1. The molecule has 1 aromatic carbocycles. The first-order chi connectivity index (χ1) is 9.61. The lowest BCUT2D eigenvalue weighted by Gasteiger charge is -2.09. The van der Waals surface area contributed by atoms with Gasteiger partial charge in [-0.05, 0) is 13.1 Å².